The number of aryl methyl sites for hydroxylation is 1. The van der Waals surface area contributed by atoms with Gasteiger partial charge in [0.1, 0.15) is 0 Å². The van der Waals surface area contributed by atoms with Crippen molar-refractivity contribution < 1.29 is 0 Å². The van der Waals surface area contributed by atoms with Crippen molar-refractivity contribution in [1.29, 1.82) is 0 Å². The van der Waals surface area contributed by atoms with E-state index in [9.17, 15) is 0 Å². The smallest absolute Gasteiger partial charge is 0.0302 e. The zero-order chi connectivity index (χ0) is 13.0. The minimum Gasteiger partial charge on any atom is -0.311 e. The summed E-state index contributed by atoms with van der Waals surface area (Å²) in [7, 11) is 0. The van der Waals surface area contributed by atoms with E-state index in [0.29, 0.717) is 0 Å². The standard InChI is InChI=1S/C15H26N2S/c1-12(2)14-4-7-17(11-14)8-6-16-10-15-13(3)5-9-18-15/h5,9,12,14,16H,4,6-8,10-11H2,1-3H3. The molecule has 0 bridgehead atoms. The predicted molar refractivity (Wildman–Crippen MR) is 80.1 cm³/mol. The minimum absolute atomic E-state index is 0.844. The second kappa shape index (κ2) is 6.69. The largest absolute Gasteiger partial charge is 0.311 e. The van der Waals surface area contributed by atoms with Crippen LogP contribution in [-0.4, -0.2) is 31.1 Å². The first-order valence-electron chi connectivity index (χ1n) is 7.13. The summed E-state index contributed by atoms with van der Waals surface area (Å²) in [5.41, 5.74) is 1.42. The van der Waals surface area contributed by atoms with Gasteiger partial charge in [-0.3, -0.25) is 0 Å². The third-order valence-corrected chi connectivity index (χ3v) is 5.13. The summed E-state index contributed by atoms with van der Waals surface area (Å²) in [4.78, 5) is 4.09. The number of hydrogen-bond donors (Lipinski definition) is 1. The van der Waals surface area contributed by atoms with Crippen molar-refractivity contribution in [2.24, 2.45) is 11.8 Å². The molecule has 0 aromatic carbocycles. The third kappa shape index (κ3) is 3.81. The Morgan fingerprint density at radius 1 is 1.50 bits per heavy atom. The van der Waals surface area contributed by atoms with Crippen molar-refractivity contribution in [2.45, 2.75) is 33.7 Å². The Labute approximate surface area is 115 Å². The molecule has 1 aromatic heterocycles. The van der Waals surface area contributed by atoms with Crippen LogP contribution in [-0.2, 0) is 6.54 Å². The monoisotopic (exact) mass is 266 g/mol. The zero-order valence-corrected chi connectivity index (χ0v) is 12.7. The van der Waals surface area contributed by atoms with Gasteiger partial charge in [0.2, 0.25) is 0 Å². The molecule has 0 radical (unpaired) electrons. The van der Waals surface area contributed by atoms with E-state index in [1.54, 1.807) is 0 Å². The molecule has 102 valence electrons. The molecule has 1 atom stereocenters. The molecule has 3 heteroatoms. The first kappa shape index (κ1) is 14.0. The molecule has 18 heavy (non-hydrogen) atoms. The molecule has 1 aromatic rings. The van der Waals surface area contributed by atoms with Crippen LogP contribution in [0.3, 0.4) is 0 Å². The van der Waals surface area contributed by atoms with Crippen molar-refractivity contribution in [2.75, 3.05) is 26.2 Å². The van der Waals surface area contributed by atoms with Gasteiger partial charge in [0.15, 0.2) is 0 Å². The molecular weight excluding hydrogens is 240 g/mol. The van der Waals surface area contributed by atoms with Gasteiger partial charge < -0.3 is 10.2 Å². The summed E-state index contributed by atoms with van der Waals surface area (Å²) < 4.78 is 0. The van der Waals surface area contributed by atoms with Crippen LogP contribution < -0.4 is 5.32 Å². The number of nitrogens with one attached hydrogen (secondary N) is 1. The third-order valence-electron chi connectivity index (χ3n) is 4.11. The summed E-state index contributed by atoms with van der Waals surface area (Å²) >= 11 is 1.86. The second-order valence-corrected chi connectivity index (χ2v) is 6.80. The molecular formula is C15H26N2S. The normalized spacial score (nSPS) is 21.0. The van der Waals surface area contributed by atoms with Crippen LogP contribution in [0.4, 0.5) is 0 Å². The topological polar surface area (TPSA) is 15.3 Å². The molecule has 1 saturated heterocycles. The van der Waals surface area contributed by atoms with Crippen LogP contribution in [0.1, 0.15) is 30.7 Å². The number of nitrogens with zero attached hydrogens (tertiary/aromatic N) is 1. The lowest BCUT2D eigenvalue weighted by atomic mass is 9.95. The van der Waals surface area contributed by atoms with Crippen LogP contribution in [0.15, 0.2) is 11.4 Å². The predicted octanol–water partition coefficient (Wildman–Crippen LogP) is 3.12. The Kier molecular flexibility index (Phi) is 5.22. The zero-order valence-electron chi connectivity index (χ0n) is 11.9. The van der Waals surface area contributed by atoms with E-state index in [4.69, 9.17) is 0 Å². The molecule has 2 nitrogen and oxygen atoms in total. The lowest BCUT2D eigenvalue weighted by Gasteiger charge is -2.17. The number of likely N-dealkylation sites (tertiary alicyclic amines) is 1. The Morgan fingerprint density at radius 2 is 2.33 bits per heavy atom. The van der Waals surface area contributed by atoms with E-state index >= 15 is 0 Å². The summed E-state index contributed by atoms with van der Waals surface area (Å²) in [6.07, 6.45) is 1.39. The van der Waals surface area contributed by atoms with Crippen LogP contribution in [0, 0.1) is 18.8 Å². The average Bonchev–Trinajstić information content (AvgIpc) is 2.94. The van der Waals surface area contributed by atoms with Gasteiger partial charge in [0.05, 0.1) is 0 Å². The van der Waals surface area contributed by atoms with Crippen molar-refractivity contribution in [1.82, 2.24) is 10.2 Å². The van der Waals surface area contributed by atoms with Crippen LogP contribution in [0.5, 0.6) is 0 Å². The summed E-state index contributed by atoms with van der Waals surface area (Å²) in [6, 6.07) is 2.20. The van der Waals surface area contributed by atoms with E-state index < -0.39 is 0 Å². The quantitative estimate of drug-likeness (QED) is 0.796. The van der Waals surface area contributed by atoms with Gasteiger partial charge in [-0.2, -0.15) is 0 Å². The second-order valence-electron chi connectivity index (χ2n) is 5.80. The maximum Gasteiger partial charge on any atom is 0.0302 e. The SMILES string of the molecule is Cc1ccsc1CNCCN1CCC(C(C)C)C1. The van der Waals surface area contributed by atoms with Crippen molar-refractivity contribution >= 4 is 11.3 Å². The van der Waals surface area contributed by atoms with E-state index in [2.05, 4.69) is 42.4 Å². The van der Waals surface area contributed by atoms with Crippen molar-refractivity contribution in [3.8, 4) is 0 Å². The molecule has 1 aliphatic rings. The van der Waals surface area contributed by atoms with Crippen LogP contribution >= 0.6 is 11.3 Å². The highest BCUT2D eigenvalue weighted by atomic mass is 32.1. The van der Waals surface area contributed by atoms with Crippen molar-refractivity contribution in [3.05, 3.63) is 21.9 Å². The van der Waals surface area contributed by atoms with Crippen molar-refractivity contribution in [3.63, 3.8) is 0 Å². The van der Waals surface area contributed by atoms with Gasteiger partial charge in [0.25, 0.3) is 0 Å². The number of rotatable bonds is 6. The van der Waals surface area contributed by atoms with E-state index in [-0.39, 0.29) is 0 Å². The first-order valence-corrected chi connectivity index (χ1v) is 8.01. The molecule has 0 aliphatic carbocycles. The molecule has 1 unspecified atom stereocenters. The Balaban J connectivity index is 1.61. The number of thiophene rings is 1. The average molecular weight is 266 g/mol. The highest BCUT2D eigenvalue weighted by Gasteiger charge is 2.23. The summed E-state index contributed by atoms with van der Waals surface area (Å²) in [6.45, 7) is 12.8. The van der Waals surface area contributed by atoms with Gasteiger partial charge in [-0.1, -0.05) is 13.8 Å². The van der Waals surface area contributed by atoms with Crippen LogP contribution in [0.2, 0.25) is 0 Å². The first-order chi connectivity index (χ1) is 8.66. The lowest BCUT2D eigenvalue weighted by molar-refractivity contribution is 0.302. The Hall–Kier alpha value is -0.380. The van der Waals surface area contributed by atoms with Crippen LogP contribution in [0.25, 0.3) is 0 Å². The highest BCUT2D eigenvalue weighted by Crippen LogP contribution is 2.23. The minimum atomic E-state index is 0.844. The molecule has 0 amide bonds. The van der Waals surface area contributed by atoms with E-state index in [1.807, 2.05) is 11.3 Å². The molecule has 1 N–H and O–H groups in total. The van der Waals surface area contributed by atoms with E-state index in [0.717, 1.165) is 24.9 Å². The molecule has 0 saturated carbocycles. The van der Waals surface area contributed by atoms with Gasteiger partial charge >= 0.3 is 0 Å². The van der Waals surface area contributed by atoms with Gasteiger partial charge in [-0.05, 0) is 48.7 Å². The molecule has 2 heterocycles. The van der Waals surface area contributed by atoms with Gasteiger partial charge in [-0.25, -0.2) is 0 Å². The highest BCUT2D eigenvalue weighted by molar-refractivity contribution is 7.10. The van der Waals surface area contributed by atoms with Gasteiger partial charge in [-0.15, -0.1) is 11.3 Å². The fourth-order valence-corrected chi connectivity index (χ4v) is 3.51. The molecule has 2 rings (SSSR count). The lowest BCUT2D eigenvalue weighted by Crippen LogP contribution is -2.30. The Morgan fingerprint density at radius 3 is 2.94 bits per heavy atom. The summed E-state index contributed by atoms with van der Waals surface area (Å²) in [5.74, 6) is 1.77. The Bertz CT molecular complexity index is 359. The molecule has 0 spiro atoms. The fraction of sp³-hybridized carbons (Fsp3) is 0.733. The molecule has 1 fully saturated rings. The fourth-order valence-electron chi connectivity index (χ4n) is 2.63. The van der Waals surface area contributed by atoms with E-state index in [1.165, 1.54) is 36.5 Å². The molecule has 1 aliphatic heterocycles. The maximum absolute atomic E-state index is 3.57. The summed E-state index contributed by atoms with van der Waals surface area (Å²) in [5, 5.41) is 5.75. The van der Waals surface area contributed by atoms with Gasteiger partial charge in [0, 0.05) is 31.1 Å². The maximum atomic E-state index is 3.57. The number of hydrogen-bond acceptors (Lipinski definition) is 3.